The summed E-state index contributed by atoms with van der Waals surface area (Å²) in [4.78, 5) is 13.7. The minimum atomic E-state index is -4.72. The largest absolute Gasteiger partial charge is 0.573 e. The molecule has 0 spiro atoms. The molecular weight excluding hydrogens is 499 g/mol. The van der Waals surface area contributed by atoms with Gasteiger partial charge in [0, 0.05) is 43.1 Å². The minimum Gasteiger partial charge on any atom is -0.405 e. The van der Waals surface area contributed by atoms with Crippen molar-refractivity contribution in [1.82, 2.24) is 15.3 Å². The number of halogens is 4. The Balaban J connectivity index is 1.39. The Bertz CT molecular complexity index is 1120. The van der Waals surface area contributed by atoms with Crippen LogP contribution in [0.15, 0.2) is 46.9 Å². The van der Waals surface area contributed by atoms with Crippen LogP contribution in [0.1, 0.15) is 12.0 Å². The highest BCUT2D eigenvalue weighted by Crippen LogP contribution is 2.30. The molecule has 1 aliphatic rings. The van der Waals surface area contributed by atoms with E-state index in [-0.39, 0.29) is 11.8 Å². The van der Waals surface area contributed by atoms with Crippen molar-refractivity contribution in [3.05, 3.63) is 52.5 Å². The molecule has 6 nitrogen and oxygen atoms in total. The van der Waals surface area contributed by atoms with Crippen LogP contribution in [0.5, 0.6) is 5.75 Å². The normalized spacial score (nSPS) is 16.4. The average molecular weight is 524 g/mol. The molecule has 1 aliphatic heterocycles. The molecule has 0 amide bonds. The summed E-state index contributed by atoms with van der Waals surface area (Å²) in [5, 5.41) is 4.46. The highest BCUT2D eigenvalue weighted by molar-refractivity contribution is 9.10. The summed E-state index contributed by atoms with van der Waals surface area (Å²) >= 11 is 3.20. The second-order valence-electron chi connectivity index (χ2n) is 8.19. The lowest BCUT2D eigenvalue weighted by atomic mass is 10.1. The average Bonchev–Trinajstić information content (AvgIpc) is 3.22. The van der Waals surface area contributed by atoms with Gasteiger partial charge in [0.15, 0.2) is 0 Å². The molecule has 0 aliphatic carbocycles. The van der Waals surface area contributed by atoms with Crippen LogP contribution in [-0.2, 0) is 6.42 Å². The van der Waals surface area contributed by atoms with E-state index < -0.39 is 6.36 Å². The smallest absolute Gasteiger partial charge is 0.405 e. The van der Waals surface area contributed by atoms with Gasteiger partial charge in [-0.1, -0.05) is 34.1 Å². The van der Waals surface area contributed by atoms with Gasteiger partial charge < -0.3 is 19.9 Å². The molecule has 0 unspecified atom stereocenters. The summed E-state index contributed by atoms with van der Waals surface area (Å²) in [6.45, 7) is 2.08. The summed E-state index contributed by atoms with van der Waals surface area (Å²) < 4.78 is 42.9. The van der Waals surface area contributed by atoms with Gasteiger partial charge in [-0.25, -0.2) is 4.98 Å². The third-order valence-electron chi connectivity index (χ3n) is 5.55. The van der Waals surface area contributed by atoms with Crippen LogP contribution >= 0.6 is 15.9 Å². The Morgan fingerprint density at radius 1 is 1.18 bits per heavy atom. The molecule has 0 bridgehead atoms. The van der Waals surface area contributed by atoms with Gasteiger partial charge in [-0.05, 0) is 49.2 Å². The summed E-state index contributed by atoms with van der Waals surface area (Å²) in [6, 6.07) is 12.9. The summed E-state index contributed by atoms with van der Waals surface area (Å²) in [5.41, 5.74) is 1.40. The topological polar surface area (TPSA) is 53.5 Å². The van der Waals surface area contributed by atoms with Gasteiger partial charge in [-0.15, -0.1) is 13.2 Å². The van der Waals surface area contributed by atoms with Crippen LogP contribution in [0, 0.1) is 0 Å². The predicted octanol–water partition coefficient (Wildman–Crippen LogP) is 4.77. The van der Waals surface area contributed by atoms with Crippen molar-refractivity contribution in [2.24, 2.45) is 0 Å². The Morgan fingerprint density at radius 3 is 2.73 bits per heavy atom. The van der Waals surface area contributed by atoms with Gasteiger partial charge in [0.25, 0.3) is 0 Å². The molecule has 0 radical (unpaired) electrons. The number of fused-ring (bicyclic) bond motifs is 1. The number of rotatable bonds is 7. The predicted molar refractivity (Wildman–Crippen MR) is 127 cm³/mol. The van der Waals surface area contributed by atoms with Gasteiger partial charge in [-0.3, -0.25) is 0 Å². The van der Waals surface area contributed by atoms with Crippen LogP contribution in [-0.4, -0.2) is 56.1 Å². The van der Waals surface area contributed by atoms with E-state index in [4.69, 9.17) is 9.97 Å². The molecule has 4 rings (SSSR count). The Hall–Kier alpha value is -2.59. The number of ether oxygens (including phenoxy) is 1. The van der Waals surface area contributed by atoms with E-state index in [2.05, 4.69) is 30.9 Å². The number of nitrogens with one attached hydrogen (secondary N) is 1. The Morgan fingerprint density at radius 2 is 1.97 bits per heavy atom. The van der Waals surface area contributed by atoms with Crippen molar-refractivity contribution in [1.29, 1.82) is 0 Å². The number of para-hydroxylation sites is 1. The molecule has 1 aromatic heterocycles. The molecule has 10 heteroatoms. The number of alkyl halides is 3. The van der Waals surface area contributed by atoms with Gasteiger partial charge in [0.1, 0.15) is 11.6 Å². The zero-order chi connectivity index (χ0) is 23.6. The Kier molecular flexibility index (Phi) is 6.94. The maximum atomic E-state index is 12.7. The van der Waals surface area contributed by atoms with Crippen LogP contribution in [0.3, 0.4) is 0 Å². The van der Waals surface area contributed by atoms with Crippen molar-refractivity contribution in [2.45, 2.75) is 25.2 Å². The molecule has 176 valence electrons. The lowest BCUT2D eigenvalue weighted by Gasteiger charge is -2.21. The fourth-order valence-electron chi connectivity index (χ4n) is 4.00. The van der Waals surface area contributed by atoms with Gasteiger partial charge >= 0.3 is 6.36 Å². The van der Waals surface area contributed by atoms with Crippen LogP contribution in [0.25, 0.3) is 10.9 Å². The van der Waals surface area contributed by atoms with E-state index in [1.807, 2.05) is 43.3 Å². The van der Waals surface area contributed by atoms with Crippen molar-refractivity contribution < 1.29 is 17.9 Å². The van der Waals surface area contributed by atoms with E-state index in [0.717, 1.165) is 36.2 Å². The SMILES string of the molecule is CN(C)c1nc(N2CC[C@H](NCCc3ccc(Br)cc3OC(F)(F)F)C2)nc2ccccc12. The lowest BCUT2D eigenvalue weighted by Crippen LogP contribution is -2.34. The first-order valence-electron chi connectivity index (χ1n) is 10.7. The molecule has 2 heterocycles. The second-order valence-corrected chi connectivity index (χ2v) is 9.11. The van der Waals surface area contributed by atoms with E-state index in [0.29, 0.717) is 29.0 Å². The van der Waals surface area contributed by atoms with E-state index in [9.17, 15) is 13.2 Å². The fourth-order valence-corrected chi connectivity index (χ4v) is 4.34. The van der Waals surface area contributed by atoms with Crippen LogP contribution in [0.4, 0.5) is 24.9 Å². The number of hydrogen-bond acceptors (Lipinski definition) is 6. The third-order valence-corrected chi connectivity index (χ3v) is 6.04. The van der Waals surface area contributed by atoms with E-state index in [1.165, 1.54) is 6.07 Å². The molecule has 3 aromatic rings. The summed E-state index contributed by atoms with van der Waals surface area (Å²) in [7, 11) is 3.93. The van der Waals surface area contributed by atoms with Crippen LogP contribution < -0.4 is 19.9 Å². The second kappa shape index (κ2) is 9.72. The zero-order valence-corrected chi connectivity index (χ0v) is 19.9. The monoisotopic (exact) mass is 523 g/mol. The molecule has 33 heavy (non-hydrogen) atoms. The maximum Gasteiger partial charge on any atom is 0.573 e. The fraction of sp³-hybridized carbons (Fsp3) is 0.391. The first-order chi connectivity index (χ1) is 15.7. The number of aromatic nitrogens is 2. The number of hydrogen-bond donors (Lipinski definition) is 1. The highest BCUT2D eigenvalue weighted by atomic mass is 79.9. The van der Waals surface area contributed by atoms with Crippen LogP contribution in [0.2, 0.25) is 0 Å². The summed E-state index contributed by atoms with van der Waals surface area (Å²) in [5.74, 6) is 1.39. The molecular formula is C23H25BrF3N5O. The molecule has 1 saturated heterocycles. The van der Waals surface area contributed by atoms with Gasteiger partial charge in [0.05, 0.1) is 5.52 Å². The quantitative estimate of drug-likeness (QED) is 0.481. The Labute approximate surface area is 198 Å². The molecule has 0 saturated carbocycles. The van der Waals surface area contributed by atoms with E-state index in [1.54, 1.807) is 12.1 Å². The summed E-state index contributed by atoms with van der Waals surface area (Å²) in [6.07, 6.45) is -3.40. The first kappa shape index (κ1) is 23.6. The molecule has 1 N–H and O–H groups in total. The first-order valence-corrected chi connectivity index (χ1v) is 11.5. The number of benzene rings is 2. The molecule has 2 aromatic carbocycles. The maximum absolute atomic E-state index is 12.7. The zero-order valence-electron chi connectivity index (χ0n) is 18.4. The van der Waals surface area contributed by atoms with Crippen molar-refractivity contribution in [3.63, 3.8) is 0 Å². The highest BCUT2D eigenvalue weighted by Gasteiger charge is 2.32. The van der Waals surface area contributed by atoms with Crippen molar-refractivity contribution in [2.75, 3.05) is 43.5 Å². The third kappa shape index (κ3) is 5.86. The van der Waals surface area contributed by atoms with Crippen molar-refractivity contribution >= 4 is 38.6 Å². The number of anilines is 2. The standard InChI is InChI=1S/C23H25BrF3N5O/c1-31(2)21-18-5-3-4-6-19(18)29-22(30-21)32-12-10-17(14-32)28-11-9-15-7-8-16(24)13-20(15)33-23(25,26)27/h3-8,13,17,28H,9-12,14H2,1-2H3/t17-/m0/s1. The van der Waals surface area contributed by atoms with Crippen molar-refractivity contribution in [3.8, 4) is 5.75 Å². The molecule has 1 fully saturated rings. The molecule has 1 atom stereocenters. The number of nitrogens with zero attached hydrogens (tertiary/aromatic N) is 4. The van der Waals surface area contributed by atoms with Gasteiger partial charge in [-0.2, -0.15) is 4.98 Å². The van der Waals surface area contributed by atoms with E-state index >= 15 is 0 Å². The van der Waals surface area contributed by atoms with Gasteiger partial charge in [0.2, 0.25) is 5.95 Å². The minimum absolute atomic E-state index is 0.174. The lowest BCUT2D eigenvalue weighted by molar-refractivity contribution is -0.274.